The largest absolute Gasteiger partial charge is 0.336 e. The Labute approximate surface area is 83.5 Å². The Hall–Kier alpha value is -1.39. The molecule has 0 aliphatic rings. The van der Waals surface area contributed by atoms with Crippen LogP contribution < -0.4 is 0 Å². The third-order valence-electron chi connectivity index (χ3n) is 1.88. The summed E-state index contributed by atoms with van der Waals surface area (Å²) in [4.78, 5) is 17.4. The number of hydrogen-bond donors (Lipinski definition) is 1. The number of rotatable bonds is 5. The molecule has 14 heavy (non-hydrogen) atoms. The molecule has 0 aliphatic heterocycles. The van der Waals surface area contributed by atoms with Crippen LogP contribution in [0.1, 0.15) is 37.3 Å². The van der Waals surface area contributed by atoms with Gasteiger partial charge in [0.15, 0.2) is 0 Å². The molecule has 1 aromatic rings. The van der Waals surface area contributed by atoms with Crippen LogP contribution in [-0.2, 0) is 0 Å². The number of aromatic amines is 1. The van der Waals surface area contributed by atoms with Gasteiger partial charge in [-0.3, -0.25) is 9.89 Å². The fourth-order valence-electron chi connectivity index (χ4n) is 1.31. The van der Waals surface area contributed by atoms with Gasteiger partial charge in [-0.15, -0.1) is 5.10 Å². The predicted octanol–water partition coefficient (Wildman–Crippen LogP) is 1.07. The number of hydrogen-bond acceptors (Lipinski definition) is 3. The Kier molecular flexibility index (Phi) is 4.10. The van der Waals surface area contributed by atoms with Gasteiger partial charge in [0.2, 0.25) is 5.82 Å². The highest BCUT2D eigenvalue weighted by molar-refractivity contribution is 5.90. The molecule has 0 saturated heterocycles. The number of nitrogens with one attached hydrogen (secondary N) is 1. The SMILES string of the molecule is CCCN(CCC)C(=O)c1nc[nH]n1. The minimum atomic E-state index is -0.0880. The Balaban J connectivity index is 2.63. The minimum absolute atomic E-state index is 0.0880. The van der Waals surface area contributed by atoms with Crippen LogP contribution in [0.25, 0.3) is 0 Å². The van der Waals surface area contributed by atoms with Crippen LogP contribution >= 0.6 is 0 Å². The number of H-pyrrole nitrogens is 1. The standard InChI is InChI=1S/C9H16N4O/c1-3-5-13(6-4-2)9(14)8-10-7-11-12-8/h7H,3-6H2,1-2H3,(H,10,11,12). The summed E-state index contributed by atoms with van der Waals surface area (Å²) in [5, 5.41) is 6.32. The van der Waals surface area contributed by atoms with E-state index in [2.05, 4.69) is 15.2 Å². The second-order valence-electron chi connectivity index (χ2n) is 3.11. The van der Waals surface area contributed by atoms with Gasteiger partial charge in [-0.25, -0.2) is 4.98 Å². The van der Waals surface area contributed by atoms with Crippen LogP contribution in [-0.4, -0.2) is 39.1 Å². The molecule has 1 amide bonds. The van der Waals surface area contributed by atoms with E-state index < -0.39 is 0 Å². The summed E-state index contributed by atoms with van der Waals surface area (Å²) in [7, 11) is 0. The zero-order valence-corrected chi connectivity index (χ0v) is 8.66. The van der Waals surface area contributed by atoms with Crippen molar-refractivity contribution in [3.63, 3.8) is 0 Å². The van der Waals surface area contributed by atoms with Gasteiger partial charge in [-0.2, -0.15) is 0 Å². The van der Waals surface area contributed by atoms with Gasteiger partial charge < -0.3 is 4.90 Å². The van der Waals surface area contributed by atoms with E-state index in [0.29, 0.717) is 0 Å². The lowest BCUT2D eigenvalue weighted by Gasteiger charge is -2.19. The highest BCUT2D eigenvalue weighted by Gasteiger charge is 2.16. The quantitative estimate of drug-likeness (QED) is 0.766. The lowest BCUT2D eigenvalue weighted by atomic mass is 10.3. The first-order valence-corrected chi connectivity index (χ1v) is 4.94. The van der Waals surface area contributed by atoms with E-state index in [1.165, 1.54) is 6.33 Å². The summed E-state index contributed by atoms with van der Waals surface area (Å²) in [6, 6.07) is 0. The molecule has 1 heterocycles. The second kappa shape index (κ2) is 5.36. The first-order chi connectivity index (χ1) is 6.79. The maximum atomic E-state index is 11.8. The van der Waals surface area contributed by atoms with Crippen LogP contribution in [0.2, 0.25) is 0 Å². The molecule has 78 valence electrons. The van der Waals surface area contributed by atoms with Crippen molar-refractivity contribution in [3.8, 4) is 0 Å². The van der Waals surface area contributed by atoms with Crippen molar-refractivity contribution in [3.05, 3.63) is 12.2 Å². The maximum Gasteiger partial charge on any atom is 0.293 e. The van der Waals surface area contributed by atoms with E-state index in [1.54, 1.807) is 4.90 Å². The average molecular weight is 196 g/mol. The highest BCUT2D eigenvalue weighted by atomic mass is 16.2. The van der Waals surface area contributed by atoms with Crippen molar-refractivity contribution in [2.75, 3.05) is 13.1 Å². The molecule has 5 nitrogen and oxygen atoms in total. The Bertz CT molecular complexity index is 264. The summed E-state index contributed by atoms with van der Waals surface area (Å²) < 4.78 is 0. The van der Waals surface area contributed by atoms with Gasteiger partial charge in [0.05, 0.1) is 0 Å². The first-order valence-electron chi connectivity index (χ1n) is 4.94. The van der Waals surface area contributed by atoms with Crippen LogP contribution in [0.5, 0.6) is 0 Å². The Morgan fingerprint density at radius 2 is 2.07 bits per heavy atom. The van der Waals surface area contributed by atoms with Gasteiger partial charge >= 0.3 is 0 Å². The molecule has 0 radical (unpaired) electrons. The van der Waals surface area contributed by atoms with Crippen molar-refractivity contribution in [2.24, 2.45) is 0 Å². The molecular weight excluding hydrogens is 180 g/mol. The molecule has 0 atom stereocenters. The number of carbonyl (C=O) groups is 1. The summed E-state index contributed by atoms with van der Waals surface area (Å²) in [5.41, 5.74) is 0. The first kappa shape index (κ1) is 10.7. The molecule has 0 bridgehead atoms. The van der Waals surface area contributed by atoms with E-state index in [1.807, 2.05) is 13.8 Å². The smallest absolute Gasteiger partial charge is 0.293 e. The zero-order chi connectivity index (χ0) is 10.4. The summed E-state index contributed by atoms with van der Waals surface area (Å²) >= 11 is 0. The summed E-state index contributed by atoms with van der Waals surface area (Å²) in [6.45, 7) is 5.63. The topological polar surface area (TPSA) is 61.9 Å². The van der Waals surface area contributed by atoms with E-state index in [0.717, 1.165) is 25.9 Å². The molecule has 0 fully saturated rings. The monoisotopic (exact) mass is 196 g/mol. The van der Waals surface area contributed by atoms with Crippen LogP contribution in [0, 0.1) is 0 Å². The lowest BCUT2D eigenvalue weighted by Crippen LogP contribution is -2.33. The number of aromatic nitrogens is 3. The lowest BCUT2D eigenvalue weighted by molar-refractivity contribution is 0.0744. The molecule has 0 aliphatic carbocycles. The van der Waals surface area contributed by atoms with Gasteiger partial charge in [0.25, 0.3) is 5.91 Å². The van der Waals surface area contributed by atoms with E-state index >= 15 is 0 Å². The molecule has 0 saturated carbocycles. The van der Waals surface area contributed by atoms with Crippen molar-refractivity contribution >= 4 is 5.91 Å². The van der Waals surface area contributed by atoms with Crippen molar-refractivity contribution in [1.82, 2.24) is 20.1 Å². The molecule has 0 unspecified atom stereocenters. The van der Waals surface area contributed by atoms with E-state index in [9.17, 15) is 4.79 Å². The molecule has 0 aromatic carbocycles. The van der Waals surface area contributed by atoms with Crippen LogP contribution in [0.3, 0.4) is 0 Å². The van der Waals surface area contributed by atoms with Gasteiger partial charge in [0.1, 0.15) is 6.33 Å². The van der Waals surface area contributed by atoms with E-state index in [-0.39, 0.29) is 11.7 Å². The van der Waals surface area contributed by atoms with Crippen molar-refractivity contribution in [2.45, 2.75) is 26.7 Å². The summed E-state index contributed by atoms with van der Waals surface area (Å²) in [6.07, 6.45) is 3.33. The maximum absolute atomic E-state index is 11.8. The molecular formula is C9H16N4O. The second-order valence-corrected chi connectivity index (χ2v) is 3.11. The number of carbonyl (C=O) groups excluding carboxylic acids is 1. The summed E-state index contributed by atoms with van der Waals surface area (Å²) in [5.74, 6) is 0.168. The van der Waals surface area contributed by atoms with Gasteiger partial charge in [0, 0.05) is 13.1 Å². The van der Waals surface area contributed by atoms with E-state index in [4.69, 9.17) is 0 Å². The molecule has 1 aromatic heterocycles. The van der Waals surface area contributed by atoms with Gasteiger partial charge in [-0.1, -0.05) is 13.8 Å². The average Bonchev–Trinajstić information content (AvgIpc) is 2.69. The van der Waals surface area contributed by atoms with Crippen molar-refractivity contribution < 1.29 is 4.79 Å². The Morgan fingerprint density at radius 1 is 1.43 bits per heavy atom. The Morgan fingerprint density at radius 3 is 2.50 bits per heavy atom. The normalized spacial score (nSPS) is 10.1. The highest BCUT2D eigenvalue weighted by Crippen LogP contribution is 2.00. The minimum Gasteiger partial charge on any atom is -0.336 e. The zero-order valence-electron chi connectivity index (χ0n) is 8.66. The number of amides is 1. The van der Waals surface area contributed by atoms with Crippen molar-refractivity contribution in [1.29, 1.82) is 0 Å². The fraction of sp³-hybridized carbons (Fsp3) is 0.667. The molecule has 0 spiro atoms. The van der Waals surface area contributed by atoms with Crippen LogP contribution in [0.4, 0.5) is 0 Å². The number of nitrogens with zero attached hydrogens (tertiary/aromatic N) is 3. The third-order valence-corrected chi connectivity index (χ3v) is 1.88. The molecule has 5 heteroatoms. The van der Waals surface area contributed by atoms with Crippen LogP contribution in [0.15, 0.2) is 6.33 Å². The third kappa shape index (κ3) is 2.55. The van der Waals surface area contributed by atoms with Gasteiger partial charge in [-0.05, 0) is 12.8 Å². The molecule has 1 rings (SSSR count). The molecule has 1 N–H and O–H groups in total. The fourth-order valence-corrected chi connectivity index (χ4v) is 1.31. The predicted molar refractivity (Wildman–Crippen MR) is 52.9 cm³/mol.